The summed E-state index contributed by atoms with van der Waals surface area (Å²) >= 11 is 1.72. The van der Waals surface area contributed by atoms with E-state index >= 15 is 0 Å². The van der Waals surface area contributed by atoms with Crippen molar-refractivity contribution < 1.29 is 10.0 Å². The molecule has 2 aromatic rings. The van der Waals surface area contributed by atoms with Crippen molar-refractivity contribution in [1.82, 2.24) is 4.90 Å². The number of nitrogens with zero attached hydrogens (tertiary/aromatic N) is 1. The molecular formula is C15H18BNO2S. The third-order valence-corrected chi connectivity index (χ3v) is 4.47. The zero-order valence-electron chi connectivity index (χ0n) is 11.3. The highest BCUT2D eigenvalue weighted by molar-refractivity contribution is 7.07. The SMILES string of the molecule is OB(O)c1ccccc1CN(Cc1ccsc1)C1CC1. The first-order valence-electron chi connectivity index (χ1n) is 6.93. The molecule has 0 atom stereocenters. The first-order valence-corrected chi connectivity index (χ1v) is 7.87. The average Bonchev–Trinajstić information content (AvgIpc) is 3.17. The zero-order valence-corrected chi connectivity index (χ0v) is 12.1. The van der Waals surface area contributed by atoms with E-state index in [4.69, 9.17) is 0 Å². The standard InChI is InChI=1S/C15H18BNO2S/c18-16(19)15-4-2-1-3-13(15)10-17(14-5-6-14)9-12-7-8-20-11-12/h1-4,7-8,11,14,18-19H,5-6,9-10H2. The molecule has 2 N–H and O–H groups in total. The fourth-order valence-corrected chi connectivity index (χ4v) is 3.18. The van der Waals surface area contributed by atoms with Crippen LogP contribution in [0.25, 0.3) is 0 Å². The number of benzene rings is 1. The average molecular weight is 287 g/mol. The summed E-state index contributed by atoms with van der Waals surface area (Å²) in [4.78, 5) is 2.43. The van der Waals surface area contributed by atoms with E-state index in [0.29, 0.717) is 11.5 Å². The lowest BCUT2D eigenvalue weighted by Gasteiger charge is -2.23. The van der Waals surface area contributed by atoms with Crippen LogP contribution in [-0.2, 0) is 13.1 Å². The molecule has 0 saturated heterocycles. The topological polar surface area (TPSA) is 43.7 Å². The van der Waals surface area contributed by atoms with Gasteiger partial charge in [0.15, 0.2) is 0 Å². The second kappa shape index (κ2) is 6.10. The minimum absolute atomic E-state index is 0.614. The van der Waals surface area contributed by atoms with E-state index in [1.807, 2.05) is 18.2 Å². The maximum absolute atomic E-state index is 9.47. The van der Waals surface area contributed by atoms with Crippen LogP contribution in [0.1, 0.15) is 24.0 Å². The summed E-state index contributed by atoms with van der Waals surface area (Å²) in [5.41, 5.74) is 2.96. The van der Waals surface area contributed by atoms with Gasteiger partial charge in [0, 0.05) is 19.1 Å². The molecule has 104 valence electrons. The summed E-state index contributed by atoms with van der Waals surface area (Å²) in [7, 11) is -1.39. The van der Waals surface area contributed by atoms with E-state index < -0.39 is 7.12 Å². The minimum Gasteiger partial charge on any atom is -0.423 e. The van der Waals surface area contributed by atoms with Crippen molar-refractivity contribution in [3.8, 4) is 0 Å². The molecule has 1 aliphatic rings. The molecule has 0 spiro atoms. The molecule has 0 bridgehead atoms. The third-order valence-electron chi connectivity index (χ3n) is 3.74. The molecule has 1 aromatic carbocycles. The van der Waals surface area contributed by atoms with Crippen LogP contribution in [0.4, 0.5) is 0 Å². The van der Waals surface area contributed by atoms with Gasteiger partial charge >= 0.3 is 7.12 Å². The highest BCUT2D eigenvalue weighted by Crippen LogP contribution is 2.30. The molecule has 1 aromatic heterocycles. The first-order chi connectivity index (χ1) is 9.74. The lowest BCUT2D eigenvalue weighted by Crippen LogP contribution is -2.36. The van der Waals surface area contributed by atoms with Crippen LogP contribution in [0.5, 0.6) is 0 Å². The Kier molecular flexibility index (Phi) is 4.22. The Hall–Kier alpha value is -1.14. The monoisotopic (exact) mass is 287 g/mol. The number of hydrogen-bond donors (Lipinski definition) is 2. The Morgan fingerprint density at radius 2 is 1.95 bits per heavy atom. The van der Waals surface area contributed by atoms with Crippen molar-refractivity contribution in [3.63, 3.8) is 0 Å². The van der Waals surface area contributed by atoms with E-state index in [2.05, 4.69) is 21.7 Å². The number of hydrogen-bond acceptors (Lipinski definition) is 4. The van der Waals surface area contributed by atoms with E-state index in [1.54, 1.807) is 17.4 Å². The van der Waals surface area contributed by atoms with Gasteiger partial charge in [-0.3, -0.25) is 4.90 Å². The van der Waals surface area contributed by atoms with Crippen LogP contribution in [0.15, 0.2) is 41.1 Å². The van der Waals surface area contributed by atoms with E-state index in [1.165, 1.54) is 18.4 Å². The summed E-state index contributed by atoms with van der Waals surface area (Å²) in [6, 6.07) is 10.4. The fourth-order valence-electron chi connectivity index (χ4n) is 2.52. The molecular weight excluding hydrogens is 269 g/mol. The summed E-state index contributed by atoms with van der Waals surface area (Å²) in [6.45, 7) is 1.71. The first kappa shape index (κ1) is 13.8. The van der Waals surface area contributed by atoms with Gasteiger partial charge in [-0.15, -0.1) is 0 Å². The van der Waals surface area contributed by atoms with Gasteiger partial charge in [0.2, 0.25) is 0 Å². The predicted molar refractivity (Wildman–Crippen MR) is 82.9 cm³/mol. The van der Waals surface area contributed by atoms with Gasteiger partial charge in [-0.1, -0.05) is 24.3 Å². The molecule has 0 aliphatic heterocycles. The van der Waals surface area contributed by atoms with Crippen LogP contribution in [-0.4, -0.2) is 28.1 Å². The molecule has 1 aliphatic carbocycles. The Labute approximate surface area is 123 Å². The van der Waals surface area contributed by atoms with E-state index in [-0.39, 0.29) is 0 Å². The molecule has 5 heteroatoms. The summed E-state index contributed by atoms with van der Waals surface area (Å²) < 4.78 is 0. The highest BCUT2D eigenvalue weighted by atomic mass is 32.1. The van der Waals surface area contributed by atoms with Crippen molar-refractivity contribution in [3.05, 3.63) is 52.2 Å². The van der Waals surface area contributed by atoms with E-state index in [0.717, 1.165) is 18.7 Å². The quantitative estimate of drug-likeness (QED) is 0.793. The van der Waals surface area contributed by atoms with Gasteiger partial charge in [-0.25, -0.2) is 0 Å². The van der Waals surface area contributed by atoms with Crippen LogP contribution in [0, 0.1) is 0 Å². The molecule has 0 unspecified atom stereocenters. The van der Waals surface area contributed by atoms with Crippen LogP contribution in [0.2, 0.25) is 0 Å². The normalized spacial score (nSPS) is 14.8. The molecule has 0 radical (unpaired) electrons. The molecule has 1 fully saturated rings. The zero-order chi connectivity index (χ0) is 13.9. The lowest BCUT2D eigenvalue weighted by molar-refractivity contribution is 0.246. The van der Waals surface area contributed by atoms with Gasteiger partial charge in [0.05, 0.1) is 0 Å². The predicted octanol–water partition coefficient (Wildman–Crippen LogP) is 1.59. The van der Waals surface area contributed by atoms with Gasteiger partial charge in [-0.05, 0) is 46.3 Å². The summed E-state index contributed by atoms with van der Waals surface area (Å²) in [6.07, 6.45) is 2.49. The second-order valence-electron chi connectivity index (χ2n) is 5.34. The second-order valence-corrected chi connectivity index (χ2v) is 6.12. The lowest BCUT2D eigenvalue weighted by atomic mass is 9.77. The molecule has 0 amide bonds. The van der Waals surface area contributed by atoms with E-state index in [9.17, 15) is 10.0 Å². The molecule has 3 nitrogen and oxygen atoms in total. The number of rotatable bonds is 6. The van der Waals surface area contributed by atoms with Crippen LogP contribution >= 0.6 is 11.3 Å². The number of thiophene rings is 1. The molecule has 3 rings (SSSR count). The van der Waals surface area contributed by atoms with Crippen molar-refractivity contribution in [2.75, 3.05) is 0 Å². The molecule has 20 heavy (non-hydrogen) atoms. The van der Waals surface area contributed by atoms with Crippen molar-refractivity contribution in [1.29, 1.82) is 0 Å². The van der Waals surface area contributed by atoms with Gasteiger partial charge in [0.25, 0.3) is 0 Å². The summed E-state index contributed by atoms with van der Waals surface area (Å²) in [5.74, 6) is 0. The molecule has 1 heterocycles. The fraction of sp³-hybridized carbons (Fsp3) is 0.333. The highest BCUT2D eigenvalue weighted by Gasteiger charge is 2.30. The minimum atomic E-state index is -1.39. The Morgan fingerprint density at radius 3 is 2.60 bits per heavy atom. The summed E-state index contributed by atoms with van der Waals surface area (Å²) in [5, 5.41) is 23.2. The smallest absolute Gasteiger partial charge is 0.423 e. The van der Waals surface area contributed by atoms with Crippen LogP contribution in [0.3, 0.4) is 0 Å². The van der Waals surface area contributed by atoms with Crippen molar-refractivity contribution in [2.45, 2.75) is 32.0 Å². The van der Waals surface area contributed by atoms with Gasteiger partial charge < -0.3 is 10.0 Å². The van der Waals surface area contributed by atoms with Crippen LogP contribution < -0.4 is 5.46 Å². The largest absolute Gasteiger partial charge is 0.488 e. The molecule has 1 saturated carbocycles. The Morgan fingerprint density at radius 1 is 1.15 bits per heavy atom. The maximum atomic E-state index is 9.47. The Bertz CT molecular complexity index is 555. The maximum Gasteiger partial charge on any atom is 0.488 e. The van der Waals surface area contributed by atoms with Gasteiger partial charge in [0.1, 0.15) is 0 Å². The van der Waals surface area contributed by atoms with Crippen molar-refractivity contribution in [2.24, 2.45) is 0 Å². The van der Waals surface area contributed by atoms with Gasteiger partial charge in [-0.2, -0.15) is 11.3 Å². The third kappa shape index (κ3) is 3.30. The Balaban J connectivity index is 1.76. The van der Waals surface area contributed by atoms with Crippen molar-refractivity contribution >= 4 is 23.9 Å².